The van der Waals surface area contributed by atoms with Crippen LogP contribution in [0.1, 0.15) is 42.5 Å². The van der Waals surface area contributed by atoms with E-state index in [1.165, 1.54) is 12.1 Å². The molecule has 92 valence electrons. The highest BCUT2D eigenvalue weighted by Gasteiger charge is 2.38. The van der Waals surface area contributed by atoms with Crippen molar-refractivity contribution < 1.29 is 14.3 Å². The summed E-state index contributed by atoms with van der Waals surface area (Å²) < 4.78 is 13.1. The predicted octanol–water partition coefficient (Wildman–Crippen LogP) is 3.36. The molecular formula is C13H14ClFO2. The highest BCUT2D eigenvalue weighted by atomic mass is 35.5. The minimum Gasteiger partial charge on any atom is -0.382 e. The van der Waals surface area contributed by atoms with Crippen molar-refractivity contribution >= 4 is 17.4 Å². The number of carbonyl (C=O) groups is 1. The zero-order valence-electron chi connectivity index (χ0n) is 9.38. The maximum Gasteiger partial charge on any atom is 0.195 e. The van der Waals surface area contributed by atoms with Crippen LogP contribution in [0.25, 0.3) is 0 Å². The second-order valence-corrected chi connectivity index (χ2v) is 4.95. The fourth-order valence-corrected chi connectivity index (χ4v) is 2.49. The Morgan fingerprint density at radius 1 is 1.29 bits per heavy atom. The molecule has 1 aromatic rings. The first kappa shape index (κ1) is 12.5. The van der Waals surface area contributed by atoms with Crippen LogP contribution in [-0.4, -0.2) is 16.5 Å². The standard InChI is InChI=1S/C13H14ClFO2/c14-11-5-4-9(15)8-10(11)12(16)13(17)6-2-1-3-7-13/h4-5,8,17H,1-3,6-7H2. The molecule has 1 aromatic carbocycles. The summed E-state index contributed by atoms with van der Waals surface area (Å²) in [7, 11) is 0. The predicted molar refractivity (Wildman–Crippen MR) is 63.8 cm³/mol. The second kappa shape index (κ2) is 4.75. The molecule has 0 unspecified atom stereocenters. The molecule has 0 aliphatic heterocycles. The number of aliphatic hydroxyl groups is 1. The first-order valence-electron chi connectivity index (χ1n) is 5.75. The Labute approximate surface area is 104 Å². The normalized spacial score (nSPS) is 19.0. The summed E-state index contributed by atoms with van der Waals surface area (Å²) in [6, 6.07) is 3.64. The average molecular weight is 257 g/mol. The van der Waals surface area contributed by atoms with Crippen LogP contribution in [0.3, 0.4) is 0 Å². The van der Waals surface area contributed by atoms with E-state index in [0.717, 1.165) is 25.3 Å². The smallest absolute Gasteiger partial charge is 0.195 e. The summed E-state index contributed by atoms with van der Waals surface area (Å²) >= 11 is 5.87. The van der Waals surface area contributed by atoms with Gasteiger partial charge in [0, 0.05) is 5.56 Å². The van der Waals surface area contributed by atoms with Gasteiger partial charge in [0.15, 0.2) is 5.78 Å². The summed E-state index contributed by atoms with van der Waals surface area (Å²) in [6.45, 7) is 0. The third-order valence-corrected chi connectivity index (χ3v) is 3.61. The van der Waals surface area contributed by atoms with Crippen molar-refractivity contribution in [3.8, 4) is 0 Å². The van der Waals surface area contributed by atoms with Crippen molar-refractivity contribution in [1.82, 2.24) is 0 Å². The van der Waals surface area contributed by atoms with Crippen LogP contribution >= 0.6 is 11.6 Å². The topological polar surface area (TPSA) is 37.3 Å². The van der Waals surface area contributed by atoms with E-state index in [4.69, 9.17) is 11.6 Å². The lowest BCUT2D eigenvalue weighted by Crippen LogP contribution is -2.40. The monoisotopic (exact) mass is 256 g/mol. The Balaban J connectivity index is 2.32. The molecule has 0 aromatic heterocycles. The van der Waals surface area contributed by atoms with Gasteiger partial charge >= 0.3 is 0 Å². The largest absolute Gasteiger partial charge is 0.382 e. The molecule has 0 saturated heterocycles. The van der Waals surface area contributed by atoms with E-state index in [9.17, 15) is 14.3 Å². The van der Waals surface area contributed by atoms with E-state index in [-0.39, 0.29) is 10.6 Å². The molecule has 0 spiro atoms. The summed E-state index contributed by atoms with van der Waals surface area (Å²) in [6.07, 6.45) is 3.51. The highest BCUT2D eigenvalue weighted by molar-refractivity contribution is 6.34. The van der Waals surface area contributed by atoms with Gasteiger partial charge in [-0.2, -0.15) is 0 Å². The minimum absolute atomic E-state index is 0.0797. The van der Waals surface area contributed by atoms with E-state index in [0.29, 0.717) is 12.8 Å². The summed E-state index contributed by atoms with van der Waals surface area (Å²) in [4.78, 5) is 12.2. The number of ketones is 1. The Bertz CT molecular complexity index is 439. The van der Waals surface area contributed by atoms with Gasteiger partial charge in [0.05, 0.1) is 5.02 Å². The Morgan fingerprint density at radius 2 is 1.94 bits per heavy atom. The maximum absolute atomic E-state index is 13.1. The van der Waals surface area contributed by atoms with E-state index < -0.39 is 17.2 Å². The fourth-order valence-electron chi connectivity index (χ4n) is 2.29. The van der Waals surface area contributed by atoms with Gasteiger partial charge in [-0.15, -0.1) is 0 Å². The number of hydrogen-bond acceptors (Lipinski definition) is 2. The lowest BCUT2D eigenvalue weighted by Gasteiger charge is -2.30. The zero-order valence-corrected chi connectivity index (χ0v) is 10.1. The lowest BCUT2D eigenvalue weighted by molar-refractivity contribution is 0.0116. The van der Waals surface area contributed by atoms with Crippen LogP contribution in [-0.2, 0) is 0 Å². The summed E-state index contributed by atoms with van der Waals surface area (Å²) in [5.74, 6) is -0.973. The maximum atomic E-state index is 13.1. The van der Waals surface area contributed by atoms with Crippen molar-refractivity contribution in [3.05, 3.63) is 34.6 Å². The zero-order chi connectivity index (χ0) is 12.5. The number of benzene rings is 1. The molecule has 0 amide bonds. The SMILES string of the molecule is O=C(c1cc(F)ccc1Cl)C1(O)CCCCC1. The number of Topliss-reactive ketones (excluding diaryl/α,β-unsaturated/α-hetero) is 1. The fraction of sp³-hybridized carbons (Fsp3) is 0.462. The van der Waals surface area contributed by atoms with E-state index in [1.54, 1.807) is 0 Å². The number of halogens is 2. The van der Waals surface area contributed by atoms with Gasteiger partial charge in [-0.05, 0) is 31.0 Å². The van der Waals surface area contributed by atoms with Crippen LogP contribution < -0.4 is 0 Å². The minimum atomic E-state index is -1.37. The molecule has 1 saturated carbocycles. The van der Waals surface area contributed by atoms with Gasteiger partial charge < -0.3 is 5.11 Å². The van der Waals surface area contributed by atoms with Gasteiger partial charge in [0.1, 0.15) is 11.4 Å². The van der Waals surface area contributed by atoms with Crippen molar-refractivity contribution in [3.63, 3.8) is 0 Å². The first-order chi connectivity index (χ1) is 8.03. The lowest BCUT2D eigenvalue weighted by atomic mass is 9.79. The molecule has 0 bridgehead atoms. The Kier molecular flexibility index (Phi) is 3.50. The van der Waals surface area contributed by atoms with Crippen LogP contribution in [0.2, 0.25) is 5.02 Å². The molecule has 4 heteroatoms. The van der Waals surface area contributed by atoms with Crippen molar-refractivity contribution in [2.75, 3.05) is 0 Å². The van der Waals surface area contributed by atoms with E-state index >= 15 is 0 Å². The number of hydrogen-bond donors (Lipinski definition) is 1. The van der Waals surface area contributed by atoms with Gasteiger partial charge in [-0.3, -0.25) is 4.79 Å². The van der Waals surface area contributed by atoms with Gasteiger partial charge in [-0.25, -0.2) is 4.39 Å². The number of carbonyl (C=O) groups excluding carboxylic acids is 1. The summed E-state index contributed by atoms with van der Waals surface area (Å²) in [5.41, 5.74) is -1.29. The quantitative estimate of drug-likeness (QED) is 0.824. The molecule has 0 heterocycles. The van der Waals surface area contributed by atoms with E-state index in [1.807, 2.05) is 0 Å². The van der Waals surface area contributed by atoms with Gasteiger partial charge in [-0.1, -0.05) is 30.9 Å². The van der Waals surface area contributed by atoms with Crippen LogP contribution in [0, 0.1) is 5.82 Å². The van der Waals surface area contributed by atoms with Crippen molar-refractivity contribution in [1.29, 1.82) is 0 Å². The number of rotatable bonds is 2. The van der Waals surface area contributed by atoms with Gasteiger partial charge in [0.2, 0.25) is 0 Å². The van der Waals surface area contributed by atoms with E-state index in [2.05, 4.69) is 0 Å². The molecule has 0 atom stereocenters. The molecule has 2 rings (SSSR count). The van der Waals surface area contributed by atoms with Crippen LogP contribution in [0.15, 0.2) is 18.2 Å². The van der Waals surface area contributed by atoms with Crippen LogP contribution in [0.5, 0.6) is 0 Å². The molecule has 17 heavy (non-hydrogen) atoms. The Morgan fingerprint density at radius 3 is 2.59 bits per heavy atom. The highest BCUT2D eigenvalue weighted by Crippen LogP contribution is 2.33. The average Bonchev–Trinajstić information content (AvgIpc) is 2.32. The van der Waals surface area contributed by atoms with Crippen molar-refractivity contribution in [2.45, 2.75) is 37.7 Å². The van der Waals surface area contributed by atoms with Crippen LogP contribution in [0.4, 0.5) is 4.39 Å². The molecule has 1 fully saturated rings. The van der Waals surface area contributed by atoms with Gasteiger partial charge in [0.25, 0.3) is 0 Å². The third kappa shape index (κ3) is 2.50. The van der Waals surface area contributed by atoms with Crippen molar-refractivity contribution in [2.24, 2.45) is 0 Å². The molecular weight excluding hydrogens is 243 g/mol. The second-order valence-electron chi connectivity index (χ2n) is 4.55. The molecule has 0 radical (unpaired) electrons. The first-order valence-corrected chi connectivity index (χ1v) is 6.13. The molecule has 1 aliphatic carbocycles. The molecule has 1 aliphatic rings. The molecule has 1 N–H and O–H groups in total. The Hall–Kier alpha value is -0.930. The molecule has 2 nitrogen and oxygen atoms in total. The third-order valence-electron chi connectivity index (χ3n) is 3.28. The summed E-state index contributed by atoms with van der Waals surface area (Å²) in [5, 5.41) is 10.5.